The summed E-state index contributed by atoms with van der Waals surface area (Å²) < 4.78 is 0. The Morgan fingerprint density at radius 2 is 1.81 bits per heavy atom. The molecule has 0 bridgehead atoms. The molecule has 0 heterocycles. The summed E-state index contributed by atoms with van der Waals surface area (Å²) in [7, 11) is 0. The highest BCUT2D eigenvalue weighted by Gasteiger charge is 2.10. The molecule has 0 aliphatic carbocycles. The number of rotatable bonds is 4. The molecule has 21 heavy (non-hydrogen) atoms. The molecule has 0 fully saturated rings. The van der Waals surface area contributed by atoms with Crippen LogP contribution in [0.15, 0.2) is 48.5 Å². The van der Waals surface area contributed by atoms with Crippen LogP contribution in [0, 0.1) is 0 Å². The van der Waals surface area contributed by atoms with Gasteiger partial charge in [0.2, 0.25) is 0 Å². The van der Waals surface area contributed by atoms with Gasteiger partial charge < -0.3 is 5.73 Å². The highest BCUT2D eigenvalue weighted by Crippen LogP contribution is 2.33. The first-order valence-electron chi connectivity index (χ1n) is 7.16. The number of benzene rings is 2. The van der Waals surface area contributed by atoms with E-state index < -0.39 is 0 Å². The average molecular weight is 279 g/mol. The number of anilines is 1. The second-order valence-corrected chi connectivity index (χ2v) is 5.54. The molecule has 0 unspecified atom stereocenters. The summed E-state index contributed by atoms with van der Waals surface area (Å²) in [6.07, 6.45) is 3.36. The summed E-state index contributed by atoms with van der Waals surface area (Å²) in [5.41, 5.74) is 11.2. The summed E-state index contributed by atoms with van der Waals surface area (Å²) in [5.74, 6) is 0.420. The topological polar surface area (TPSA) is 43.1 Å². The summed E-state index contributed by atoms with van der Waals surface area (Å²) >= 11 is 0. The maximum absolute atomic E-state index is 11.2. The lowest BCUT2D eigenvalue weighted by Crippen LogP contribution is -1.98. The predicted octanol–water partition coefficient (Wildman–Crippen LogP) is 4.66. The van der Waals surface area contributed by atoms with Gasteiger partial charge >= 0.3 is 0 Å². The van der Waals surface area contributed by atoms with E-state index in [4.69, 9.17) is 5.73 Å². The molecule has 0 aliphatic heterocycles. The first-order chi connectivity index (χ1) is 9.99. The van der Waals surface area contributed by atoms with Crippen LogP contribution in [0.1, 0.15) is 37.8 Å². The van der Waals surface area contributed by atoms with Crippen molar-refractivity contribution < 1.29 is 4.79 Å². The first kappa shape index (κ1) is 15.0. The molecule has 2 N–H and O–H groups in total. The van der Waals surface area contributed by atoms with Crippen LogP contribution in [-0.4, -0.2) is 5.78 Å². The lowest BCUT2D eigenvalue weighted by atomic mass is 9.92. The predicted molar refractivity (Wildman–Crippen MR) is 90.1 cm³/mol. The molecule has 2 heteroatoms. The molecule has 2 aromatic rings. The largest absolute Gasteiger partial charge is 0.398 e. The minimum Gasteiger partial charge on any atom is -0.398 e. The molecule has 0 spiro atoms. The minimum atomic E-state index is 0.0191. The summed E-state index contributed by atoms with van der Waals surface area (Å²) in [4.78, 5) is 11.2. The third kappa shape index (κ3) is 3.60. The number of nitrogen functional groups attached to an aromatic ring is 1. The Balaban J connectivity index is 2.62. The monoisotopic (exact) mass is 279 g/mol. The molecule has 2 rings (SSSR count). The van der Waals surface area contributed by atoms with Crippen LogP contribution in [-0.2, 0) is 4.79 Å². The Bertz CT molecular complexity index is 669. The van der Waals surface area contributed by atoms with Gasteiger partial charge in [-0.3, -0.25) is 4.79 Å². The van der Waals surface area contributed by atoms with Gasteiger partial charge in [0.25, 0.3) is 0 Å². The Labute approximate surface area is 126 Å². The Hall–Kier alpha value is -2.35. The zero-order valence-corrected chi connectivity index (χ0v) is 12.8. The summed E-state index contributed by atoms with van der Waals surface area (Å²) in [5, 5.41) is 0. The highest BCUT2D eigenvalue weighted by molar-refractivity contribution is 5.94. The first-order valence-corrected chi connectivity index (χ1v) is 7.16. The molecular formula is C19H21NO. The minimum absolute atomic E-state index is 0.0191. The number of carbonyl (C=O) groups excluding carboxylic acids is 1. The Kier molecular flexibility index (Phi) is 4.59. The molecule has 2 aromatic carbocycles. The van der Waals surface area contributed by atoms with Crippen molar-refractivity contribution in [1.82, 2.24) is 0 Å². The third-order valence-electron chi connectivity index (χ3n) is 3.48. The zero-order valence-electron chi connectivity index (χ0n) is 12.8. The van der Waals surface area contributed by atoms with Crippen LogP contribution in [0.2, 0.25) is 0 Å². The summed E-state index contributed by atoms with van der Waals surface area (Å²) in [6, 6.07) is 14.3. The number of ketones is 1. The van der Waals surface area contributed by atoms with Crippen LogP contribution in [0.3, 0.4) is 0 Å². The molecule has 0 amide bonds. The van der Waals surface area contributed by atoms with Crippen LogP contribution in [0.25, 0.3) is 17.2 Å². The Morgan fingerprint density at radius 1 is 1.14 bits per heavy atom. The van der Waals surface area contributed by atoms with Gasteiger partial charge in [0.05, 0.1) is 0 Å². The molecule has 0 aromatic heterocycles. The molecule has 0 aliphatic rings. The molecule has 0 saturated heterocycles. The van der Waals surface area contributed by atoms with Crippen LogP contribution >= 0.6 is 0 Å². The van der Waals surface area contributed by atoms with E-state index in [1.807, 2.05) is 30.3 Å². The van der Waals surface area contributed by atoms with E-state index in [0.29, 0.717) is 11.6 Å². The van der Waals surface area contributed by atoms with E-state index >= 15 is 0 Å². The van der Waals surface area contributed by atoms with Crippen molar-refractivity contribution >= 4 is 17.5 Å². The smallest absolute Gasteiger partial charge is 0.152 e. The molecule has 0 radical (unpaired) electrons. The van der Waals surface area contributed by atoms with Crippen molar-refractivity contribution in [1.29, 1.82) is 0 Å². The third-order valence-corrected chi connectivity index (χ3v) is 3.48. The van der Waals surface area contributed by atoms with Crippen molar-refractivity contribution in [3.05, 3.63) is 59.7 Å². The second-order valence-electron chi connectivity index (χ2n) is 5.54. The van der Waals surface area contributed by atoms with Crippen molar-refractivity contribution in [2.24, 2.45) is 0 Å². The van der Waals surface area contributed by atoms with Crippen molar-refractivity contribution in [2.75, 3.05) is 5.73 Å². The Morgan fingerprint density at radius 3 is 2.38 bits per heavy atom. The maximum atomic E-state index is 11.2. The molecule has 0 saturated carbocycles. The van der Waals surface area contributed by atoms with E-state index in [1.165, 1.54) is 12.5 Å². The number of hydrogen-bond donors (Lipinski definition) is 1. The van der Waals surface area contributed by atoms with Crippen LogP contribution in [0.4, 0.5) is 5.69 Å². The van der Waals surface area contributed by atoms with Gasteiger partial charge in [-0.1, -0.05) is 44.2 Å². The number of carbonyl (C=O) groups is 1. The molecule has 0 atom stereocenters. The quantitative estimate of drug-likeness (QED) is 0.653. The number of hydrogen-bond acceptors (Lipinski definition) is 2. The van der Waals surface area contributed by atoms with Gasteiger partial charge in [-0.05, 0) is 53.8 Å². The fourth-order valence-electron chi connectivity index (χ4n) is 2.23. The lowest BCUT2D eigenvalue weighted by Gasteiger charge is -2.14. The standard InChI is InChI=1S/C19H21NO/c1-13(2)17-11-16(10-9-14(3)21)19(20)18(12-17)15-7-5-4-6-8-15/h4-13H,20H2,1-3H3/b10-9+. The SMILES string of the molecule is CC(=O)/C=C/c1cc(C(C)C)cc(-c2ccccc2)c1N. The van der Waals surface area contributed by atoms with Crippen molar-refractivity contribution in [3.63, 3.8) is 0 Å². The summed E-state index contributed by atoms with van der Waals surface area (Å²) in [6.45, 7) is 5.84. The van der Waals surface area contributed by atoms with Gasteiger partial charge in [0.15, 0.2) is 5.78 Å². The normalized spacial score (nSPS) is 11.2. The van der Waals surface area contributed by atoms with E-state index in [-0.39, 0.29) is 5.78 Å². The number of nitrogens with two attached hydrogens (primary N) is 1. The van der Waals surface area contributed by atoms with Crippen molar-refractivity contribution in [3.8, 4) is 11.1 Å². The van der Waals surface area contributed by atoms with Gasteiger partial charge in [0.1, 0.15) is 0 Å². The molecule has 2 nitrogen and oxygen atoms in total. The van der Waals surface area contributed by atoms with Gasteiger partial charge in [-0.25, -0.2) is 0 Å². The lowest BCUT2D eigenvalue weighted by molar-refractivity contribution is -0.112. The highest BCUT2D eigenvalue weighted by atomic mass is 16.1. The fraction of sp³-hybridized carbons (Fsp3) is 0.211. The van der Waals surface area contributed by atoms with Crippen molar-refractivity contribution in [2.45, 2.75) is 26.7 Å². The second kappa shape index (κ2) is 6.40. The van der Waals surface area contributed by atoms with Gasteiger partial charge in [0, 0.05) is 11.3 Å². The number of allylic oxidation sites excluding steroid dienone is 1. The van der Waals surface area contributed by atoms with E-state index in [2.05, 4.69) is 26.0 Å². The van der Waals surface area contributed by atoms with E-state index in [1.54, 1.807) is 12.2 Å². The fourth-order valence-corrected chi connectivity index (χ4v) is 2.23. The van der Waals surface area contributed by atoms with Gasteiger partial charge in [-0.15, -0.1) is 0 Å². The van der Waals surface area contributed by atoms with Crippen LogP contribution in [0.5, 0.6) is 0 Å². The maximum Gasteiger partial charge on any atom is 0.152 e. The van der Waals surface area contributed by atoms with E-state index in [9.17, 15) is 4.79 Å². The molecular weight excluding hydrogens is 258 g/mol. The molecule has 108 valence electrons. The average Bonchev–Trinajstić information content (AvgIpc) is 2.46. The van der Waals surface area contributed by atoms with Crippen LogP contribution < -0.4 is 5.73 Å². The van der Waals surface area contributed by atoms with Gasteiger partial charge in [-0.2, -0.15) is 0 Å². The van der Waals surface area contributed by atoms with E-state index in [0.717, 1.165) is 16.7 Å². The zero-order chi connectivity index (χ0) is 15.4.